The normalized spacial score (nSPS) is 13.0. The third-order valence-corrected chi connectivity index (χ3v) is 3.12. The fourth-order valence-corrected chi connectivity index (χ4v) is 2.08. The highest BCUT2D eigenvalue weighted by Crippen LogP contribution is 2.35. The van der Waals surface area contributed by atoms with Crippen LogP contribution in [0, 0.1) is 0 Å². The van der Waals surface area contributed by atoms with Crippen molar-refractivity contribution in [3.8, 4) is 17.2 Å². The summed E-state index contributed by atoms with van der Waals surface area (Å²) in [4.78, 5) is 3.71. The SMILES string of the molecule is FC(F)(F)c1cccnc1NCCOc1ccc2c(c1)OCO2. The predicted octanol–water partition coefficient (Wildman–Crippen LogP) is 3.32. The molecule has 1 aromatic heterocycles. The average Bonchev–Trinajstić information content (AvgIpc) is 2.98. The largest absolute Gasteiger partial charge is 0.492 e. The van der Waals surface area contributed by atoms with Gasteiger partial charge in [0.1, 0.15) is 18.2 Å². The van der Waals surface area contributed by atoms with Gasteiger partial charge >= 0.3 is 6.18 Å². The summed E-state index contributed by atoms with van der Waals surface area (Å²) in [6, 6.07) is 7.32. The Bertz CT molecular complexity index is 692. The lowest BCUT2D eigenvalue weighted by Crippen LogP contribution is -2.16. The highest BCUT2D eigenvalue weighted by molar-refractivity contribution is 5.47. The minimum absolute atomic E-state index is 0.167. The number of rotatable bonds is 5. The zero-order valence-electron chi connectivity index (χ0n) is 11.9. The van der Waals surface area contributed by atoms with Gasteiger partial charge in [-0.2, -0.15) is 13.2 Å². The van der Waals surface area contributed by atoms with E-state index in [0.717, 1.165) is 6.07 Å². The zero-order chi connectivity index (χ0) is 16.3. The van der Waals surface area contributed by atoms with Gasteiger partial charge in [-0.25, -0.2) is 4.98 Å². The van der Waals surface area contributed by atoms with Gasteiger partial charge in [0.2, 0.25) is 6.79 Å². The molecule has 2 aromatic rings. The molecule has 0 radical (unpaired) electrons. The molecule has 2 heterocycles. The first kappa shape index (κ1) is 15.3. The van der Waals surface area contributed by atoms with E-state index >= 15 is 0 Å². The number of anilines is 1. The van der Waals surface area contributed by atoms with Gasteiger partial charge in [-0.3, -0.25) is 0 Å². The van der Waals surface area contributed by atoms with Gasteiger partial charge in [-0.1, -0.05) is 0 Å². The molecule has 0 saturated carbocycles. The molecular formula is C15H13F3N2O3. The number of ether oxygens (including phenoxy) is 3. The van der Waals surface area contributed by atoms with Crippen LogP contribution in [0.2, 0.25) is 0 Å². The first-order valence-corrected chi connectivity index (χ1v) is 6.82. The van der Waals surface area contributed by atoms with E-state index in [1.54, 1.807) is 18.2 Å². The van der Waals surface area contributed by atoms with Crippen LogP contribution >= 0.6 is 0 Å². The fourth-order valence-electron chi connectivity index (χ4n) is 2.08. The maximum absolute atomic E-state index is 12.8. The summed E-state index contributed by atoms with van der Waals surface area (Å²) < 4.78 is 54.3. The van der Waals surface area contributed by atoms with Crippen LogP contribution in [0.25, 0.3) is 0 Å². The number of pyridine rings is 1. The Morgan fingerprint density at radius 3 is 2.83 bits per heavy atom. The van der Waals surface area contributed by atoms with Gasteiger partial charge in [0.15, 0.2) is 11.5 Å². The number of nitrogens with zero attached hydrogens (tertiary/aromatic N) is 1. The Hall–Kier alpha value is -2.64. The summed E-state index contributed by atoms with van der Waals surface area (Å²) in [7, 11) is 0. The van der Waals surface area contributed by atoms with Crippen molar-refractivity contribution in [2.45, 2.75) is 6.18 Å². The van der Waals surface area contributed by atoms with Gasteiger partial charge in [0, 0.05) is 12.3 Å². The molecule has 5 nitrogen and oxygen atoms in total. The van der Waals surface area contributed by atoms with Crippen LogP contribution in [0.3, 0.4) is 0 Å². The maximum atomic E-state index is 12.8. The summed E-state index contributed by atoms with van der Waals surface area (Å²) in [6.45, 7) is 0.516. The summed E-state index contributed by atoms with van der Waals surface area (Å²) in [5.74, 6) is 1.56. The smallest absolute Gasteiger partial charge is 0.419 e. The molecule has 8 heteroatoms. The highest BCUT2D eigenvalue weighted by Gasteiger charge is 2.33. The van der Waals surface area contributed by atoms with Crippen molar-refractivity contribution < 1.29 is 27.4 Å². The van der Waals surface area contributed by atoms with Crippen molar-refractivity contribution >= 4 is 5.82 Å². The molecule has 0 bridgehead atoms. The number of hydrogen-bond acceptors (Lipinski definition) is 5. The van der Waals surface area contributed by atoms with Crippen LogP contribution < -0.4 is 19.5 Å². The van der Waals surface area contributed by atoms with Gasteiger partial charge in [0.05, 0.1) is 12.1 Å². The lowest BCUT2D eigenvalue weighted by atomic mass is 10.2. The Kier molecular flexibility index (Phi) is 4.14. The lowest BCUT2D eigenvalue weighted by molar-refractivity contribution is -0.137. The van der Waals surface area contributed by atoms with Crippen molar-refractivity contribution in [1.29, 1.82) is 0 Å². The Morgan fingerprint density at radius 2 is 2.00 bits per heavy atom. The number of fused-ring (bicyclic) bond motifs is 1. The third kappa shape index (κ3) is 3.58. The number of hydrogen-bond donors (Lipinski definition) is 1. The molecule has 0 aliphatic carbocycles. The van der Waals surface area contributed by atoms with E-state index in [9.17, 15) is 13.2 Å². The summed E-state index contributed by atoms with van der Waals surface area (Å²) in [5.41, 5.74) is -0.803. The second kappa shape index (κ2) is 6.23. The summed E-state index contributed by atoms with van der Waals surface area (Å²) in [6.07, 6.45) is -3.15. The molecule has 0 unspecified atom stereocenters. The maximum Gasteiger partial charge on any atom is 0.419 e. The topological polar surface area (TPSA) is 52.6 Å². The van der Waals surface area contributed by atoms with Crippen LogP contribution in [0.4, 0.5) is 19.0 Å². The first-order valence-electron chi connectivity index (χ1n) is 6.82. The van der Waals surface area contributed by atoms with Crippen molar-refractivity contribution in [2.75, 3.05) is 25.3 Å². The molecule has 3 rings (SSSR count). The molecule has 1 aromatic carbocycles. The van der Waals surface area contributed by atoms with E-state index in [1.807, 2.05) is 0 Å². The predicted molar refractivity (Wildman–Crippen MR) is 75.8 cm³/mol. The molecule has 0 spiro atoms. The van der Waals surface area contributed by atoms with Crippen LogP contribution in [0.1, 0.15) is 5.56 Å². The second-order valence-corrected chi connectivity index (χ2v) is 4.69. The van der Waals surface area contributed by atoms with Gasteiger partial charge in [0.25, 0.3) is 0 Å². The number of nitrogens with one attached hydrogen (secondary N) is 1. The molecule has 0 amide bonds. The van der Waals surface area contributed by atoms with Crippen LogP contribution in [-0.4, -0.2) is 24.9 Å². The third-order valence-electron chi connectivity index (χ3n) is 3.12. The average molecular weight is 326 g/mol. The number of alkyl halides is 3. The van der Waals surface area contributed by atoms with Crippen molar-refractivity contribution in [3.63, 3.8) is 0 Å². The summed E-state index contributed by atoms with van der Waals surface area (Å²) in [5, 5.41) is 2.63. The van der Waals surface area contributed by atoms with Crippen molar-refractivity contribution in [2.24, 2.45) is 0 Å². The van der Waals surface area contributed by atoms with Crippen molar-refractivity contribution in [3.05, 3.63) is 42.1 Å². The van der Waals surface area contributed by atoms with E-state index in [-0.39, 0.29) is 25.8 Å². The Morgan fingerprint density at radius 1 is 1.17 bits per heavy atom. The van der Waals surface area contributed by atoms with Gasteiger partial charge in [-0.15, -0.1) is 0 Å². The first-order chi connectivity index (χ1) is 11.0. The molecule has 1 aliphatic heterocycles. The second-order valence-electron chi connectivity index (χ2n) is 4.69. The van der Waals surface area contributed by atoms with E-state index in [4.69, 9.17) is 14.2 Å². The lowest BCUT2D eigenvalue weighted by Gasteiger charge is -2.13. The Labute approximate surface area is 130 Å². The van der Waals surface area contributed by atoms with Gasteiger partial charge in [-0.05, 0) is 24.3 Å². The molecule has 1 N–H and O–H groups in total. The van der Waals surface area contributed by atoms with E-state index in [0.29, 0.717) is 17.2 Å². The van der Waals surface area contributed by atoms with E-state index in [2.05, 4.69) is 10.3 Å². The molecule has 122 valence electrons. The molecule has 0 atom stereocenters. The van der Waals surface area contributed by atoms with Crippen molar-refractivity contribution in [1.82, 2.24) is 4.98 Å². The van der Waals surface area contributed by atoms with Crippen LogP contribution in [0.15, 0.2) is 36.5 Å². The quantitative estimate of drug-likeness (QED) is 0.854. The highest BCUT2D eigenvalue weighted by atomic mass is 19.4. The minimum Gasteiger partial charge on any atom is -0.492 e. The molecule has 0 fully saturated rings. The molecule has 1 aliphatic rings. The van der Waals surface area contributed by atoms with Crippen LogP contribution in [0.5, 0.6) is 17.2 Å². The van der Waals surface area contributed by atoms with Crippen LogP contribution in [-0.2, 0) is 6.18 Å². The molecular weight excluding hydrogens is 313 g/mol. The number of halogens is 3. The molecule has 23 heavy (non-hydrogen) atoms. The monoisotopic (exact) mass is 326 g/mol. The fraction of sp³-hybridized carbons (Fsp3) is 0.267. The van der Waals surface area contributed by atoms with E-state index in [1.165, 1.54) is 12.3 Å². The zero-order valence-corrected chi connectivity index (χ0v) is 11.9. The number of aromatic nitrogens is 1. The number of benzene rings is 1. The minimum atomic E-state index is -4.45. The summed E-state index contributed by atoms with van der Waals surface area (Å²) >= 11 is 0. The van der Waals surface area contributed by atoms with Gasteiger partial charge < -0.3 is 19.5 Å². The molecule has 0 saturated heterocycles. The Balaban J connectivity index is 1.54. The van der Waals surface area contributed by atoms with E-state index < -0.39 is 11.7 Å². The standard InChI is InChI=1S/C15H13F3N2O3/c16-15(17,18)11-2-1-5-19-14(11)20-6-7-21-10-3-4-12-13(8-10)23-9-22-12/h1-5,8H,6-7,9H2,(H,19,20).